The van der Waals surface area contributed by atoms with Crippen molar-refractivity contribution in [2.75, 3.05) is 11.9 Å². The van der Waals surface area contributed by atoms with Gasteiger partial charge in [0.25, 0.3) is 5.91 Å². The molecule has 0 unspecified atom stereocenters. The highest BCUT2D eigenvalue weighted by atomic mass is 35.5. The van der Waals surface area contributed by atoms with Crippen molar-refractivity contribution >= 4 is 46.4 Å². The number of nitrogens with one attached hydrogen (secondary N) is 1. The van der Waals surface area contributed by atoms with Crippen molar-refractivity contribution in [3.05, 3.63) is 51.7 Å². The van der Waals surface area contributed by atoms with Crippen LogP contribution < -0.4 is 10.1 Å². The summed E-state index contributed by atoms with van der Waals surface area (Å²) in [7, 11) is 0. The van der Waals surface area contributed by atoms with Crippen LogP contribution in [0.5, 0.6) is 5.75 Å². The number of rotatable bonds is 4. The van der Waals surface area contributed by atoms with Crippen LogP contribution in [0.3, 0.4) is 0 Å². The van der Waals surface area contributed by atoms with Gasteiger partial charge in [0.1, 0.15) is 5.75 Å². The molecule has 0 aliphatic rings. The number of amides is 1. The molecule has 1 amide bonds. The molecule has 0 saturated heterocycles. The van der Waals surface area contributed by atoms with Gasteiger partial charge in [0.15, 0.2) is 11.8 Å². The largest absolute Gasteiger partial charge is 0.482 e. The average molecular weight is 332 g/mol. The Kier molecular flexibility index (Phi) is 5.06. The lowest BCUT2D eigenvalue weighted by molar-refractivity contribution is -0.118. The molecule has 0 fully saturated rings. The lowest BCUT2D eigenvalue weighted by atomic mass is 10.3. The third kappa shape index (κ3) is 4.00. The van der Waals surface area contributed by atoms with E-state index in [0.29, 0.717) is 21.5 Å². The smallest absolute Gasteiger partial charge is 0.262 e. The maximum atomic E-state index is 11.7. The minimum atomic E-state index is -0.370. The molecule has 1 heterocycles. The van der Waals surface area contributed by atoms with E-state index in [1.807, 2.05) is 0 Å². The maximum absolute atomic E-state index is 11.7. The van der Waals surface area contributed by atoms with Crippen LogP contribution in [-0.2, 0) is 4.79 Å². The number of carbonyl (C=O) groups excluding carboxylic acids is 1. The average Bonchev–Trinajstić information content (AvgIpc) is 2.40. The second-order valence-corrected chi connectivity index (χ2v) is 4.96. The monoisotopic (exact) mass is 330 g/mol. The van der Waals surface area contributed by atoms with E-state index in [-0.39, 0.29) is 17.7 Å². The maximum Gasteiger partial charge on any atom is 0.262 e. The van der Waals surface area contributed by atoms with Crippen LogP contribution in [0.25, 0.3) is 0 Å². The molecule has 0 atom stereocenters. The zero-order valence-corrected chi connectivity index (χ0v) is 12.3. The fourth-order valence-corrected chi connectivity index (χ4v) is 2.03. The van der Waals surface area contributed by atoms with Gasteiger partial charge in [0.2, 0.25) is 0 Å². The third-order valence-corrected chi connectivity index (χ3v) is 3.12. The summed E-state index contributed by atoms with van der Waals surface area (Å²) in [6.07, 6.45) is 1.53. The molecular formula is C13H9Cl3N2O2. The number of benzene rings is 1. The molecule has 0 radical (unpaired) electrons. The molecule has 0 bridgehead atoms. The summed E-state index contributed by atoms with van der Waals surface area (Å²) in [5, 5.41) is 3.63. The Morgan fingerprint density at radius 2 is 2.05 bits per heavy atom. The number of halogens is 3. The Morgan fingerprint density at radius 3 is 2.75 bits per heavy atom. The number of ether oxygens (including phenoxy) is 1. The quantitative estimate of drug-likeness (QED) is 0.860. The van der Waals surface area contributed by atoms with Gasteiger partial charge < -0.3 is 10.1 Å². The van der Waals surface area contributed by atoms with Gasteiger partial charge in [-0.2, -0.15) is 0 Å². The van der Waals surface area contributed by atoms with Crippen molar-refractivity contribution in [3.63, 3.8) is 0 Å². The summed E-state index contributed by atoms with van der Waals surface area (Å²) >= 11 is 17.5. The highest BCUT2D eigenvalue weighted by molar-refractivity contribution is 6.35. The molecule has 20 heavy (non-hydrogen) atoms. The van der Waals surface area contributed by atoms with Gasteiger partial charge in [0.05, 0.1) is 10.7 Å². The molecular weight excluding hydrogens is 323 g/mol. The number of anilines is 1. The summed E-state index contributed by atoms with van der Waals surface area (Å²) in [6.45, 7) is -0.202. The highest BCUT2D eigenvalue weighted by Gasteiger charge is 2.08. The Hall–Kier alpha value is -1.49. The van der Waals surface area contributed by atoms with Gasteiger partial charge in [-0.1, -0.05) is 34.8 Å². The first-order valence-corrected chi connectivity index (χ1v) is 6.68. The molecule has 0 aliphatic heterocycles. The second-order valence-electron chi connectivity index (χ2n) is 3.75. The fourth-order valence-electron chi connectivity index (χ4n) is 1.40. The summed E-state index contributed by atoms with van der Waals surface area (Å²) < 4.78 is 5.30. The predicted octanol–water partition coefficient (Wildman–Crippen LogP) is 4.06. The fraction of sp³-hybridized carbons (Fsp3) is 0.0769. The van der Waals surface area contributed by atoms with E-state index in [1.165, 1.54) is 12.3 Å². The van der Waals surface area contributed by atoms with Crippen LogP contribution >= 0.6 is 34.8 Å². The molecule has 1 N–H and O–H groups in total. The van der Waals surface area contributed by atoms with Gasteiger partial charge in [-0.25, -0.2) is 4.98 Å². The van der Waals surface area contributed by atoms with E-state index in [9.17, 15) is 4.79 Å². The van der Waals surface area contributed by atoms with Crippen molar-refractivity contribution in [2.24, 2.45) is 0 Å². The zero-order valence-electron chi connectivity index (χ0n) is 10.1. The Balaban J connectivity index is 1.94. The van der Waals surface area contributed by atoms with Crippen molar-refractivity contribution in [1.82, 2.24) is 4.98 Å². The highest BCUT2D eigenvalue weighted by Crippen LogP contribution is 2.27. The summed E-state index contributed by atoms with van der Waals surface area (Å²) in [5.41, 5.74) is 0.421. The van der Waals surface area contributed by atoms with E-state index in [2.05, 4.69) is 10.3 Å². The van der Waals surface area contributed by atoms with Crippen LogP contribution in [0.4, 0.5) is 5.69 Å². The first-order chi connectivity index (χ1) is 9.56. The minimum Gasteiger partial charge on any atom is -0.482 e. The first-order valence-electron chi connectivity index (χ1n) is 5.54. The minimum absolute atomic E-state index is 0.202. The molecule has 1 aromatic heterocycles. The van der Waals surface area contributed by atoms with Gasteiger partial charge in [-0.05, 0) is 30.3 Å². The number of nitrogens with zero attached hydrogens (tertiary/aromatic N) is 1. The van der Waals surface area contributed by atoms with E-state index in [0.717, 1.165) is 0 Å². The predicted molar refractivity (Wildman–Crippen MR) is 79.8 cm³/mol. The summed E-state index contributed by atoms with van der Waals surface area (Å²) in [6, 6.07) is 8.06. The van der Waals surface area contributed by atoms with Crippen LogP contribution in [0.15, 0.2) is 36.5 Å². The normalized spacial score (nSPS) is 10.2. The Bertz CT molecular complexity index is 635. The molecule has 4 nitrogen and oxygen atoms in total. The van der Waals surface area contributed by atoms with E-state index in [1.54, 1.807) is 24.3 Å². The van der Waals surface area contributed by atoms with E-state index >= 15 is 0 Å². The molecule has 104 valence electrons. The number of hydrogen-bond acceptors (Lipinski definition) is 3. The van der Waals surface area contributed by atoms with Crippen molar-refractivity contribution in [1.29, 1.82) is 0 Å². The van der Waals surface area contributed by atoms with E-state index < -0.39 is 0 Å². The van der Waals surface area contributed by atoms with Gasteiger partial charge in [0, 0.05) is 11.2 Å². The molecule has 0 spiro atoms. The van der Waals surface area contributed by atoms with Crippen molar-refractivity contribution in [3.8, 4) is 5.75 Å². The van der Waals surface area contributed by atoms with Gasteiger partial charge >= 0.3 is 0 Å². The third-order valence-electron chi connectivity index (χ3n) is 2.29. The standard InChI is InChI=1S/C13H9Cl3N2O2/c14-8-3-4-11(9(15)6-8)20-7-12(19)18-10-2-1-5-17-13(10)16/h1-6H,7H2,(H,18,19). The number of aromatic nitrogens is 1. The van der Waals surface area contributed by atoms with Crippen LogP contribution in [-0.4, -0.2) is 17.5 Å². The van der Waals surface area contributed by atoms with E-state index in [4.69, 9.17) is 39.5 Å². The van der Waals surface area contributed by atoms with Crippen LogP contribution in [0.2, 0.25) is 15.2 Å². The molecule has 2 rings (SSSR count). The molecule has 0 saturated carbocycles. The Morgan fingerprint density at radius 1 is 1.25 bits per heavy atom. The van der Waals surface area contributed by atoms with Gasteiger partial charge in [-0.15, -0.1) is 0 Å². The first kappa shape index (κ1) is 14.9. The molecule has 7 heteroatoms. The molecule has 0 aliphatic carbocycles. The number of carbonyl (C=O) groups is 1. The molecule has 1 aromatic carbocycles. The lowest BCUT2D eigenvalue weighted by Crippen LogP contribution is -2.20. The lowest BCUT2D eigenvalue weighted by Gasteiger charge is -2.09. The van der Waals surface area contributed by atoms with Gasteiger partial charge in [-0.3, -0.25) is 4.79 Å². The zero-order chi connectivity index (χ0) is 14.5. The topological polar surface area (TPSA) is 51.2 Å². The number of hydrogen-bond donors (Lipinski definition) is 1. The van der Waals surface area contributed by atoms with Crippen molar-refractivity contribution in [2.45, 2.75) is 0 Å². The SMILES string of the molecule is O=C(COc1ccc(Cl)cc1Cl)Nc1cccnc1Cl. The van der Waals surface area contributed by atoms with Crippen LogP contribution in [0, 0.1) is 0 Å². The second kappa shape index (κ2) is 6.79. The summed E-state index contributed by atoms with van der Waals surface area (Å²) in [5.74, 6) is 0.00872. The van der Waals surface area contributed by atoms with Crippen LogP contribution in [0.1, 0.15) is 0 Å². The molecule has 2 aromatic rings. The number of pyridine rings is 1. The van der Waals surface area contributed by atoms with Crippen molar-refractivity contribution < 1.29 is 9.53 Å². The Labute approximate surface area is 130 Å². The summed E-state index contributed by atoms with van der Waals surface area (Å²) in [4.78, 5) is 15.6.